The van der Waals surface area contributed by atoms with Crippen molar-refractivity contribution in [2.45, 2.75) is 45.3 Å². The van der Waals surface area contributed by atoms with E-state index in [0.29, 0.717) is 11.2 Å². The number of aliphatic imine (C=N–C) groups is 1. The second kappa shape index (κ2) is 13.9. The molecule has 1 rings (SSSR count). The molecule has 1 saturated heterocycles. The van der Waals surface area contributed by atoms with Crippen molar-refractivity contribution in [3.63, 3.8) is 0 Å². The SMILES string of the molecule is CCNC(=NCC1CCCS1)NCCOCCC(C)C.I. The molecule has 2 N–H and O–H groups in total. The summed E-state index contributed by atoms with van der Waals surface area (Å²) in [5, 5.41) is 7.34. The predicted molar refractivity (Wildman–Crippen MR) is 105 cm³/mol. The maximum atomic E-state index is 5.60. The molecular formula is C15H32IN3OS. The zero-order valence-corrected chi connectivity index (χ0v) is 16.8. The van der Waals surface area contributed by atoms with Crippen LogP contribution in [0.2, 0.25) is 0 Å². The van der Waals surface area contributed by atoms with Gasteiger partial charge in [0.05, 0.1) is 13.2 Å². The highest BCUT2D eigenvalue weighted by Crippen LogP contribution is 2.25. The van der Waals surface area contributed by atoms with E-state index in [0.717, 1.165) is 45.2 Å². The fourth-order valence-corrected chi connectivity index (χ4v) is 3.17. The molecule has 1 aliphatic rings. The van der Waals surface area contributed by atoms with E-state index in [9.17, 15) is 0 Å². The predicted octanol–water partition coefficient (Wildman–Crippen LogP) is 3.12. The number of rotatable bonds is 9. The van der Waals surface area contributed by atoms with Crippen molar-refractivity contribution in [2.24, 2.45) is 10.9 Å². The van der Waals surface area contributed by atoms with E-state index in [1.165, 1.54) is 18.6 Å². The van der Waals surface area contributed by atoms with E-state index < -0.39 is 0 Å². The average Bonchev–Trinajstić information content (AvgIpc) is 2.92. The van der Waals surface area contributed by atoms with Crippen molar-refractivity contribution in [3.8, 4) is 0 Å². The Morgan fingerprint density at radius 2 is 2.14 bits per heavy atom. The molecule has 1 unspecified atom stereocenters. The zero-order chi connectivity index (χ0) is 14.6. The van der Waals surface area contributed by atoms with Crippen LogP contribution in [0.25, 0.3) is 0 Å². The largest absolute Gasteiger partial charge is 0.380 e. The van der Waals surface area contributed by atoms with E-state index in [4.69, 9.17) is 4.74 Å². The molecule has 1 aliphatic heterocycles. The molecule has 0 aromatic rings. The molecular weight excluding hydrogens is 397 g/mol. The Balaban J connectivity index is 0.00000400. The van der Waals surface area contributed by atoms with E-state index in [1.54, 1.807) is 0 Å². The summed E-state index contributed by atoms with van der Waals surface area (Å²) >= 11 is 2.05. The minimum absolute atomic E-state index is 0. The molecule has 126 valence electrons. The van der Waals surface area contributed by atoms with Crippen LogP contribution in [-0.4, -0.2) is 49.8 Å². The molecule has 1 heterocycles. The van der Waals surface area contributed by atoms with Crippen LogP contribution < -0.4 is 10.6 Å². The van der Waals surface area contributed by atoms with Crippen molar-refractivity contribution in [2.75, 3.05) is 38.6 Å². The van der Waals surface area contributed by atoms with Gasteiger partial charge >= 0.3 is 0 Å². The molecule has 0 amide bonds. The van der Waals surface area contributed by atoms with Crippen molar-refractivity contribution < 1.29 is 4.74 Å². The minimum atomic E-state index is 0. The summed E-state index contributed by atoms with van der Waals surface area (Å²) < 4.78 is 5.60. The highest BCUT2D eigenvalue weighted by molar-refractivity contribution is 14.0. The molecule has 4 nitrogen and oxygen atoms in total. The minimum Gasteiger partial charge on any atom is -0.380 e. The summed E-state index contributed by atoms with van der Waals surface area (Å²) in [5.41, 5.74) is 0. The van der Waals surface area contributed by atoms with Gasteiger partial charge in [-0.15, -0.1) is 24.0 Å². The number of guanidine groups is 1. The number of nitrogens with one attached hydrogen (secondary N) is 2. The van der Waals surface area contributed by atoms with Gasteiger partial charge in [-0.3, -0.25) is 4.99 Å². The van der Waals surface area contributed by atoms with Gasteiger partial charge in [-0.25, -0.2) is 0 Å². The Kier molecular flexibility index (Phi) is 14.1. The fraction of sp³-hybridized carbons (Fsp3) is 0.933. The van der Waals surface area contributed by atoms with Gasteiger partial charge in [-0.05, 0) is 37.9 Å². The quantitative estimate of drug-likeness (QED) is 0.256. The van der Waals surface area contributed by atoms with Gasteiger partial charge in [-0.2, -0.15) is 11.8 Å². The first kappa shape index (κ1) is 21.3. The topological polar surface area (TPSA) is 45.7 Å². The Labute approximate surface area is 151 Å². The lowest BCUT2D eigenvalue weighted by atomic mass is 10.1. The van der Waals surface area contributed by atoms with Gasteiger partial charge in [0.1, 0.15) is 0 Å². The summed E-state index contributed by atoms with van der Waals surface area (Å²) in [7, 11) is 0. The van der Waals surface area contributed by atoms with E-state index in [-0.39, 0.29) is 24.0 Å². The highest BCUT2D eigenvalue weighted by Gasteiger charge is 2.14. The number of thioether (sulfide) groups is 1. The van der Waals surface area contributed by atoms with Crippen LogP contribution in [0.5, 0.6) is 0 Å². The van der Waals surface area contributed by atoms with Gasteiger partial charge in [0, 0.05) is 24.9 Å². The van der Waals surface area contributed by atoms with Crippen molar-refractivity contribution in [1.29, 1.82) is 0 Å². The molecule has 0 saturated carbocycles. The fourth-order valence-electron chi connectivity index (χ4n) is 1.99. The summed E-state index contributed by atoms with van der Waals surface area (Å²) in [6.45, 7) is 10.8. The number of hydrogen-bond acceptors (Lipinski definition) is 3. The van der Waals surface area contributed by atoms with Crippen LogP contribution in [0.1, 0.15) is 40.0 Å². The number of halogens is 1. The van der Waals surface area contributed by atoms with Crippen LogP contribution in [0.15, 0.2) is 4.99 Å². The first-order chi connectivity index (χ1) is 9.72. The molecule has 1 atom stereocenters. The molecule has 21 heavy (non-hydrogen) atoms. The Morgan fingerprint density at radius 1 is 1.33 bits per heavy atom. The van der Waals surface area contributed by atoms with Gasteiger partial charge in [-0.1, -0.05) is 13.8 Å². The van der Waals surface area contributed by atoms with Crippen molar-refractivity contribution in [1.82, 2.24) is 10.6 Å². The smallest absolute Gasteiger partial charge is 0.191 e. The molecule has 6 heteroatoms. The Hall–Kier alpha value is 0.310. The van der Waals surface area contributed by atoms with Crippen LogP contribution in [0.4, 0.5) is 0 Å². The summed E-state index contributed by atoms with van der Waals surface area (Å²) in [5.74, 6) is 2.94. The van der Waals surface area contributed by atoms with Crippen LogP contribution >= 0.6 is 35.7 Å². The lowest BCUT2D eigenvalue weighted by molar-refractivity contribution is 0.128. The summed E-state index contributed by atoms with van der Waals surface area (Å²) in [6.07, 6.45) is 3.79. The second-order valence-corrected chi connectivity index (χ2v) is 6.98. The third-order valence-corrected chi connectivity index (χ3v) is 4.58. The van der Waals surface area contributed by atoms with E-state index in [1.807, 2.05) is 0 Å². The summed E-state index contributed by atoms with van der Waals surface area (Å²) in [6, 6.07) is 0. The second-order valence-electron chi connectivity index (χ2n) is 5.58. The molecule has 0 spiro atoms. The Bertz CT molecular complexity index is 272. The monoisotopic (exact) mass is 429 g/mol. The third-order valence-electron chi connectivity index (χ3n) is 3.20. The maximum Gasteiger partial charge on any atom is 0.191 e. The number of nitrogens with zero attached hydrogens (tertiary/aromatic N) is 1. The van der Waals surface area contributed by atoms with Gasteiger partial charge in [0.15, 0.2) is 5.96 Å². The Morgan fingerprint density at radius 3 is 2.76 bits per heavy atom. The van der Waals surface area contributed by atoms with Crippen LogP contribution in [-0.2, 0) is 4.74 Å². The van der Waals surface area contributed by atoms with Gasteiger partial charge in [0.25, 0.3) is 0 Å². The number of ether oxygens (including phenoxy) is 1. The lowest BCUT2D eigenvalue weighted by Gasteiger charge is -2.13. The standard InChI is InChI=1S/C15H31N3OS.HI/c1-4-16-15(18-12-14-6-5-11-20-14)17-8-10-19-9-7-13(2)3;/h13-14H,4-12H2,1-3H3,(H2,16,17,18);1H. The first-order valence-corrected chi connectivity index (χ1v) is 8.98. The third kappa shape index (κ3) is 11.5. The molecule has 0 aromatic heterocycles. The van der Waals surface area contributed by atoms with Crippen LogP contribution in [0.3, 0.4) is 0 Å². The maximum absolute atomic E-state index is 5.60. The number of hydrogen-bond donors (Lipinski definition) is 2. The average molecular weight is 429 g/mol. The highest BCUT2D eigenvalue weighted by atomic mass is 127. The molecule has 0 aromatic carbocycles. The van der Waals surface area contributed by atoms with Crippen molar-refractivity contribution >= 4 is 41.7 Å². The normalized spacial score (nSPS) is 18.7. The van der Waals surface area contributed by atoms with Gasteiger partial charge < -0.3 is 15.4 Å². The first-order valence-electron chi connectivity index (χ1n) is 7.94. The van der Waals surface area contributed by atoms with Crippen molar-refractivity contribution in [3.05, 3.63) is 0 Å². The van der Waals surface area contributed by atoms with Gasteiger partial charge in [0.2, 0.25) is 0 Å². The molecule has 0 radical (unpaired) electrons. The zero-order valence-electron chi connectivity index (χ0n) is 13.7. The molecule has 0 aliphatic carbocycles. The van der Waals surface area contributed by atoms with Crippen LogP contribution in [0, 0.1) is 5.92 Å². The molecule has 0 bridgehead atoms. The van der Waals surface area contributed by atoms with E-state index in [2.05, 4.69) is 48.2 Å². The molecule has 1 fully saturated rings. The van der Waals surface area contributed by atoms with E-state index >= 15 is 0 Å². The summed E-state index contributed by atoms with van der Waals surface area (Å²) in [4.78, 5) is 4.66. The lowest BCUT2D eigenvalue weighted by Crippen LogP contribution is -2.39.